The zero-order valence-electron chi connectivity index (χ0n) is 11.6. The number of halogens is 2. The third-order valence-electron chi connectivity index (χ3n) is 2.77. The van der Waals surface area contributed by atoms with Crippen LogP contribution in [0, 0.1) is 0 Å². The molecule has 114 valence electrons. The van der Waals surface area contributed by atoms with Crippen LogP contribution in [0.25, 0.3) is 0 Å². The lowest BCUT2D eigenvalue weighted by molar-refractivity contribution is -0.116. The summed E-state index contributed by atoms with van der Waals surface area (Å²) < 4.78 is 1.83. The van der Waals surface area contributed by atoms with Gasteiger partial charge in [0.2, 0.25) is 11.9 Å². The van der Waals surface area contributed by atoms with Gasteiger partial charge in [-0.2, -0.15) is 0 Å². The predicted molar refractivity (Wildman–Crippen MR) is 86.9 cm³/mol. The average molecular weight is 329 g/mol. The zero-order valence-corrected chi connectivity index (χ0v) is 13.2. The first kappa shape index (κ1) is 17.5. The molecule has 0 spiro atoms. The number of hydrogen-bond acceptors (Lipinski definition) is 3. The second-order valence-corrected chi connectivity index (χ2v) is 5.11. The largest absolute Gasteiger partial charge is 0.327 e. The van der Waals surface area contributed by atoms with Crippen LogP contribution in [0.4, 0.5) is 5.95 Å². The van der Waals surface area contributed by atoms with Crippen molar-refractivity contribution >= 4 is 35.9 Å². The van der Waals surface area contributed by atoms with Crippen molar-refractivity contribution < 1.29 is 4.79 Å². The molecular formula is C14H18Cl2N4O. The molecule has 1 amide bonds. The fraction of sp³-hybridized carbons (Fsp3) is 0.286. The van der Waals surface area contributed by atoms with Gasteiger partial charge in [-0.3, -0.25) is 10.1 Å². The molecule has 0 aliphatic heterocycles. The summed E-state index contributed by atoms with van der Waals surface area (Å²) in [5.41, 5.74) is 6.57. The van der Waals surface area contributed by atoms with Crippen LogP contribution >= 0.6 is 24.0 Å². The lowest BCUT2D eigenvalue weighted by Gasteiger charge is -2.11. The molecule has 0 aliphatic carbocycles. The zero-order chi connectivity index (χ0) is 14.5. The normalized spacial score (nSPS) is 11.6. The van der Waals surface area contributed by atoms with Crippen molar-refractivity contribution in [2.75, 3.05) is 5.32 Å². The maximum absolute atomic E-state index is 11.7. The van der Waals surface area contributed by atoms with Crippen LogP contribution in [0.5, 0.6) is 0 Å². The lowest BCUT2D eigenvalue weighted by Crippen LogP contribution is -2.25. The molecule has 0 radical (unpaired) electrons. The Hall–Kier alpha value is -1.56. The van der Waals surface area contributed by atoms with Crippen molar-refractivity contribution in [3.63, 3.8) is 0 Å². The fourth-order valence-corrected chi connectivity index (χ4v) is 2.03. The first-order valence-corrected chi connectivity index (χ1v) is 6.74. The number of benzene rings is 1. The lowest BCUT2D eigenvalue weighted by atomic mass is 10.2. The van der Waals surface area contributed by atoms with E-state index in [-0.39, 0.29) is 30.8 Å². The van der Waals surface area contributed by atoms with Crippen molar-refractivity contribution in [1.82, 2.24) is 9.55 Å². The molecule has 2 rings (SSSR count). The van der Waals surface area contributed by atoms with Gasteiger partial charge >= 0.3 is 0 Å². The van der Waals surface area contributed by atoms with E-state index in [1.165, 1.54) is 0 Å². The van der Waals surface area contributed by atoms with Gasteiger partial charge in [-0.25, -0.2) is 4.98 Å². The Morgan fingerprint density at radius 1 is 1.48 bits per heavy atom. The number of hydrogen-bond donors (Lipinski definition) is 2. The summed E-state index contributed by atoms with van der Waals surface area (Å²) in [6.07, 6.45) is 3.70. The summed E-state index contributed by atoms with van der Waals surface area (Å²) in [5.74, 6) is 0.349. The van der Waals surface area contributed by atoms with Gasteiger partial charge in [0.05, 0.1) is 6.54 Å². The molecule has 1 unspecified atom stereocenters. The fourth-order valence-electron chi connectivity index (χ4n) is 1.84. The molecule has 2 aromatic rings. The predicted octanol–water partition coefficient (Wildman–Crippen LogP) is 2.68. The van der Waals surface area contributed by atoms with E-state index in [2.05, 4.69) is 10.3 Å². The second-order valence-electron chi connectivity index (χ2n) is 4.70. The van der Waals surface area contributed by atoms with Crippen LogP contribution in [-0.2, 0) is 11.3 Å². The smallest absolute Gasteiger partial charge is 0.228 e. The van der Waals surface area contributed by atoms with E-state index in [4.69, 9.17) is 17.3 Å². The van der Waals surface area contributed by atoms with Gasteiger partial charge in [0.15, 0.2) is 0 Å². The SMILES string of the molecule is CC(N)CC(=O)Nc1nccn1Cc1ccccc1Cl.Cl. The molecule has 1 aromatic carbocycles. The number of rotatable bonds is 5. The Morgan fingerprint density at radius 3 is 2.86 bits per heavy atom. The number of anilines is 1. The minimum atomic E-state index is -0.179. The monoisotopic (exact) mass is 328 g/mol. The van der Waals surface area contributed by atoms with Crippen molar-refractivity contribution in [1.29, 1.82) is 0 Å². The highest BCUT2D eigenvalue weighted by atomic mass is 35.5. The van der Waals surface area contributed by atoms with E-state index in [0.29, 0.717) is 17.5 Å². The molecule has 0 fully saturated rings. The summed E-state index contributed by atoms with van der Waals surface area (Å²) in [5, 5.41) is 3.44. The molecule has 3 N–H and O–H groups in total. The number of aromatic nitrogens is 2. The maximum Gasteiger partial charge on any atom is 0.228 e. The molecule has 1 atom stereocenters. The quantitative estimate of drug-likeness (QED) is 0.886. The van der Waals surface area contributed by atoms with E-state index >= 15 is 0 Å². The van der Waals surface area contributed by atoms with Crippen LogP contribution in [-0.4, -0.2) is 21.5 Å². The Bertz CT molecular complexity index is 598. The van der Waals surface area contributed by atoms with E-state index in [0.717, 1.165) is 5.56 Å². The first-order valence-electron chi connectivity index (χ1n) is 6.36. The van der Waals surface area contributed by atoms with E-state index in [1.807, 2.05) is 28.8 Å². The molecular weight excluding hydrogens is 311 g/mol. The summed E-state index contributed by atoms with van der Waals surface area (Å²) in [6.45, 7) is 2.34. The highest BCUT2D eigenvalue weighted by Crippen LogP contribution is 2.18. The van der Waals surface area contributed by atoms with E-state index in [9.17, 15) is 4.79 Å². The number of carbonyl (C=O) groups excluding carboxylic acids is 1. The summed E-state index contributed by atoms with van der Waals surface area (Å²) in [4.78, 5) is 15.9. The van der Waals surface area contributed by atoms with Crippen molar-refractivity contribution in [2.24, 2.45) is 5.73 Å². The number of amides is 1. The van der Waals surface area contributed by atoms with Gasteiger partial charge in [-0.05, 0) is 18.6 Å². The Kier molecular flexibility index (Phi) is 6.68. The highest BCUT2D eigenvalue weighted by Gasteiger charge is 2.10. The van der Waals surface area contributed by atoms with Crippen molar-refractivity contribution in [2.45, 2.75) is 25.9 Å². The molecule has 7 heteroatoms. The van der Waals surface area contributed by atoms with Crippen LogP contribution in [0.1, 0.15) is 18.9 Å². The minimum absolute atomic E-state index is 0. The van der Waals surface area contributed by atoms with E-state index < -0.39 is 0 Å². The average Bonchev–Trinajstić information content (AvgIpc) is 2.78. The van der Waals surface area contributed by atoms with Gasteiger partial charge in [0, 0.05) is 29.9 Å². The molecule has 21 heavy (non-hydrogen) atoms. The first-order chi connectivity index (χ1) is 9.56. The molecule has 5 nitrogen and oxygen atoms in total. The number of carbonyl (C=O) groups is 1. The molecule has 1 heterocycles. The molecule has 1 aromatic heterocycles. The Labute approximate surface area is 134 Å². The van der Waals surface area contributed by atoms with Crippen molar-refractivity contribution in [3.05, 3.63) is 47.2 Å². The standard InChI is InChI=1S/C14H17ClN4O.ClH/c1-10(16)8-13(20)18-14-17-6-7-19(14)9-11-4-2-3-5-12(11)15;/h2-7,10H,8-9,16H2,1H3,(H,17,18,20);1H. The molecule has 0 aliphatic rings. The van der Waals surface area contributed by atoms with Crippen LogP contribution in [0.3, 0.4) is 0 Å². The third kappa shape index (κ3) is 5.04. The van der Waals surface area contributed by atoms with Gasteiger partial charge < -0.3 is 10.3 Å². The summed E-state index contributed by atoms with van der Waals surface area (Å²) >= 11 is 6.13. The minimum Gasteiger partial charge on any atom is -0.327 e. The highest BCUT2D eigenvalue weighted by molar-refractivity contribution is 6.31. The number of imidazole rings is 1. The van der Waals surface area contributed by atoms with Crippen LogP contribution in [0.15, 0.2) is 36.7 Å². The van der Waals surface area contributed by atoms with Crippen LogP contribution < -0.4 is 11.1 Å². The molecule has 0 saturated carbocycles. The van der Waals surface area contributed by atoms with Gasteiger partial charge in [0.1, 0.15) is 0 Å². The summed E-state index contributed by atoms with van der Waals surface area (Å²) in [6, 6.07) is 7.40. The number of nitrogens with one attached hydrogen (secondary N) is 1. The van der Waals surface area contributed by atoms with E-state index in [1.54, 1.807) is 19.3 Å². The summed E-state index contributed by atoms with van der Waals surface area (Å²) in [7, 11) is 0. The number of nitrogens with two attached hydrogens (primary N) is 1. The third-order valence-corrected chi connectivity index (χ3v) is 3.14. The van der Waals surface area contributed by atoms with Gasteiger partial charge in [-0.1, -0.05) is 29.8 Å². The second kappa shape index (κ2) is 8.02. The van der Waals surface area contributed by atoms with Crippen LogP contribution in [0.2, 0.25) is 5.02 Å². The maximum atomic E-state index is 11.7. The molecule has 0 bridgehead atoms. The van der Waals surface area contributed by atoms with Gasteiger partial charge in [0.25, 0.3) is 0 Å². The van der Waals surface area contributed by atoms with Gasteiger partial charge in [-0.15, -0.1) is 12.4 Å². The Morgan fingerprint density at radius 2 is 2.19 bits per heavy atom. The van der Waals surface area contributed by atoms with Crippen molar-refractivity contribution in [3.8, 4) is 0 Å². The number of nitrogens with zero attached hydrogens (tertiary/aromatic N) is 2. The topological polar surface area (TPSA) is 72.9 Å². The molecule has 0 saturated heterocycles. The Balaban J connectivity index is 0.00000220.